The van der Waals surface area contributed by atoms with E-state index in [0.717, 1.165) is 24.0 Å². The van der Waals surface area contributed by atoms with E-state index in [2.05, 4.69) is 0 Å². The zero-order valence-corrected chi connectivity index (χ0v) is 19.0. The summed E-state index contributed by atoms with van der Waals surface area (Å²) in [6.07, 6.45) is 3.33. The van der Waals surface area contributed by atoms with E-state index in [4.69, 9.17) is 10.7 Å². The van der Waals surface area contributed by atoms with Gasteiger partial charge in [-0.15, -0.1) is 0 Å². The van der Waals surface area contributed by atoms with Crippen LogP contribution in [0, 0.1) is 11.7 Å². The zero-order chi connectivity index (χ0) is 23.7. The maximum absolute atomic E-state index is 14.8. The third-order valence-corrected chi connectivity index (χ3v) is 7.58. The van der Waals surface area contributed by atoms with E-state index >= 15 is 0 Å². The van der Waals surface area contributed by atoms with Crippen molar-refractivity contribution >= 4 is 11.0 Å². The van der Waals surface area contributed by atoms with Crippen LogP contribution >= 0.6 is 0 Å². The van der Waals surface area contributed by atoms with Crippen molar-refractivity contribution in [3.63, 3.8) is 0 Å². The number of nitrogens with two attached hydrogens (primary N) is 1. The van der Waals surface area contributed by atoms with Gasteiger partial charge in [-0.25, -0.2) is 9.37 Å². The molecule has 34 heavy (non-hydrogen) atoms. The molecule has 2 fully saturated rings. The summed E-state index contributed by atoms with van der Waals surface area (Å²) in [4.78, 5) is 17.0. The second-order valence-electron chi connectivity index (χ2n) is 9.96. The highest BCUT2D eigenvalue weighted by atomic mass is 19.1. The van der Waals surface area contributed by atoms with Gasteiger partial charge in [0, 0.05) is 35.3 Å². The van der Waals surface area contributed by atoms with Gasteiger partial charge in [0.05, 0.1) is 22.3 Å². The minimum absolute atomic E-state index is 0.147. The molecule has 3 N–H and O–H groups in total. The number of halogens is 1. The van der Waals surface area contributed by atoms with Crippen LogP contribution in [0.25, 0.3) is 33.4 Å². The van der Waals surface area contributed by atoms with Crippen LogP contribution in [0.5, 0.6) is 0 Å². The predicted octanol–water partition coefficient (Wildman–Crippen LogP) is 4.50. The van der Waals surface area contributed by atoms with Crippen LogP contribution in [0.1, 0.15) is 31.2 Å². The van der Waals surface area contributed by atoms with Crippen molar-refractivity contribution < 1.29 is 9.50 Å². The van der Waals surface area contributed by atoms with Crippen LogP contribution in [0.15, 0.2) is 71.5 Å². The summed E-state index contributed by atoms with van der Waals surface area (Å²) in [6, 6.07) is 19.5. The minimum atomic E-state index is -0.624. The Kier molecular flexibility index (Phi) is 4.57. The molecule has 0 amide bonds. The molecular formula is C28H26FN3O2. The number of pyridine rings is 2. The van der Waals surface area contributed by atoms with Gasteiger partial charge >= 0.3 is 0 Å². The van der Waals surface area contributed by atoms with Crippen LogP contribution in [0.4, 0.5) is 4.39 Å². The first kappa shape index (κ1) is 21.2. The third kappa shape index (κ3) is 3.29. The number of hydrogen-bond donors (Lipinski definition) is 2. The number of fused-ring (bicyclic) bond motifs is 1. The van der Waals surface area contributed by atoms with Crippen molar-refractivity contribution in [3.05, 3.63) is 88.5 Å². The molecule has 2 aliphatic rings. The monoisotopic (exact) mass is 455 g/mol. The van der Waals surface area contributed by atoms with Gasteiger partial charge < -0.3 is 15.4 Å². The molecule has 172 valence electrons. The molecule has 0 radical (unpaired) electrons. The molecule has 2 aliphatic carbocycles. The van der Waals surface area contributed by atoms with Crippen LogP contribution < -0.4 is 11.3 Å². The maximum Gasteiger partial charge on any atom is 0.250 e. The van der Waals surface area contributed by atoms with E-state index in [1.165, 1.54) is 16.7 Å². The highest BCUT2D eigenvalue weighted by Crippen LogP contribution is 2.57. The van der Waals surface area contributed by atoms with Crippen LogP contribution in [-0.4, -0.2) is 20.3 Å². The number of aromatic nitrogens is 2. The van der Waals surface area contributed by atoms with E-state index in [1.807, 2.05) is 30.3 Å². The first-order chi connectivity index (χ1) is 16.3. The van der Waals surface area contributed by atoms with E-state index in [0.29, 0.717) is 46.6 Å². The lowest BCUT2D eigenvalue weighted by molar-refractivity contribution is -0.106. The van der Waals surface area contributed by atoms with Gasteiger partial charge in [-0.1, -0.05) is 42.5 Å². The number of nitrogens with zero attached hydrogens (tertiary/aromatic N) is 2. The van der Waals surface area contributed by atoms with E-state index in [-0.39, 0.29) is 11.4 Å². The summed E-state index contributed by atoms with van der Waals surface area (Å²) in [5.74, 6) is 0.0433. The average molecular weight is 456 g/mol. The Morgan fingerprint density at radius 1 is 1.03 bits per heavy atom. The number of hydrogen-bond acceptors (Lipinski definition) is 4. The topological polar surface area (TPSA) is 81.1 Å². The standard InChI is InChI=1S/C28H26FN3O2/c1-32-24-14-21(20-4-2-3-5-22(20)29)26(31-23(24)12-13-25(32)33)17-6-8-18(9-7-17)27(30)15-28(34,16-27)19-10-11-19/h2-9,12-14,19,34H,10-11,15-16,30H2,1H3/t27-,28-. The lowest BCUT2D eigenvalue weighted by atomic mass is 9.60. The Bertz CT molecular complexity index is 1480. The fourth-order valence-corrected chi connectivity index (χ4v) is 5.51. The number of aryl methyl sites for hydroxylation is 1. The smallest absolute Gasteiger partial charge is 0.250 e. The molecule has 0 unspecified atom stereocenters. The largest absolute Gasteiger partial charge is 0.389 e. The quantitative estimate of drug-likeness (QED) is 0.475. The molecule has 0 saturated heterocycles. The molecule has 0 spiro atoms. The molecule has 5 nitrogen and oxygen atoms in total. The van der Waals surface area contributed by atoms with Crippen LogP contribution in [-0.2, 0) is 12.6 Å². The summed E-state index contributed by atoms with van der Waals surface area (Å²) in [5.41, 5.74) is 10.1. The highest BCUT2D eigenvalue weighted by Gasteiger charge is 2.58. The lowest BCUT2D eigenvalue weighted by Crippen LogP contribution is -2.60. The van der Waals surface area contributed by atoms with Crippen molar-refractivity contribution in [2.24, 2.45) is 18.7 Å². The molecule has 0 aliphatic heterocycles. The normalized spacial score (nSPS) is 24.2. The Morgan fingerprint density at radius 3 is 2.41 bits per heavy atom. The number of benzene rings is 2. The van der Waals surface area contributed by atoms with Crippen LogP contribution in [0.3, 0.4) is 0 Å². The minimum Gasteiger partial charge on any atom is -0.389 e. The fourth-order valence-electron chi connectivity index (χ4n) is 5.51. The van der Waals surface area contributed by atoms with Gasteiger partial charge in [-0.3, -0.25) is 4.79 Å². The summed E-state index contributed by atoms with van der Waals surface area (Å²) in [7, 11) is 1.69. The van der Waals surface area contributed by atoms with Gasteiger partial charge in [0.1, 0.15) is 5.82 Å². The Morgan fingerprint density at radius 2 is 1.74 bits per heavy atom. The molecule has 0 bridgehead atoms. The molecule has 2 aromatic carbocycles. The summed E-state index contributed by atoms with van der Waals surface area (Å²) < 4.78 is 16.4. The third-order valence-electron chi connectivity index (χ3n) is 7.58. The van der Waals surface area contributed by atoms with Gasteiger partial charge in [0.15, 0.2) is 0 Å². The molecule has 2 aromatic heterocycles. The average Bonchev–Trinajstić information content (AvgIpc) is 3.67. The van der Waals surface area contributed by atoms with Crippen molar-refractivity contribution in [3.8, 4) is 22.4 Å². The summed E-state index contributed by atoms with van der Waals surface area (Å²) in [5, 5.41) is 10.8. The Labute approximate surface area is 196 Å². The van der Waals surface area contributed by atoms with Gasteiger partial charge in [0.25, 0.3) is 5.56 Å². The van der Waals surface area contributed by atoms with E-state index < -0.39 is 11.1 Å². The first-order valence-electron chi connectivity index (χ1n) is 11.7. The Hall–Kier alpha value is -3.35. The molecule has 0 atom stereocenters. The molecule has 2 heterocycles. The first-order valence-corrected chi connectivity index (χ1v) is 11.7. The molecule has 2 saturated carbocycles. The molecule has 6 rings (SSSR count). The van der Waals surface area contributed by atoms with Crippen molar-refractivity contribution in [2.75, 3.05) is 0 Å². The van der Waals surface area contributed by atoms with Crippen molar-refractivity contribution in [1.29, 1.82) is 0 Å². The second-order valence-corrected chi connectivity index (χ2v) is 9.96. The fraction of sp³-hybridized carbons (Fsp3) is 0.286. The van der Waals surface area contributed by atoms with E-state index in [9.17, 15) is 14.3 Å². The lowest BCUT2D eigenvalue weighted by Gasteiger charge is -2.52. The van der Waals surface area contributed by atoms with Crippen LogP contribution in [0.2, 0.25) is 0 Å². The van der Waals surface area contributed by atoms with Crippen molar-refractivity contribution in [1.82, 2.24) is 9.55 Å². The summed E-state index contributed by atoms with van der Waals surface area (Å²) >= 11 is 0. The van der Waals surface area contributed by atoms with Crippen molar-refractivity contribution in [2.45, 2.75) is 36.8 Å². The molecular weight excluding hydrogens is 429 g/mol. The molecule has 4 aromatic rings. The van der Waals surface area contributed by atoms with Gasteiger partial charge in [-0.2, -0.15) is 0 Å². The molecule has 6 heteroatoms. The summed E-state index contributed by atoms with van der Waals surface area (Å²) in [6.45, 7) is 0. The van der Waals surface area contributed by atoms with E-state index in [1.54, 1.807) is 31.3 Å². The number of aliphatic hydroxyl groups is 1. The Balaban J connectivity index is 1.45. The predicted molar refractivity (Wildman–Crippen MR) is 131 cm³/mol. The van der Waals surface area contributed by atoms with Gasteiger partial charge in [0.2, 0.25) is 0 Å². The van der Waals surface area contributed by atoms with Gasteiger partial charge in [-0.05, 0) is 55.4 Å². The maximum atomic E-state index is 14.8. The zero-order valence-electron chi connectivity index (χ0n) is 19.0. The second kappa shape index (κ2) is 7.32. The SMILES string of the molecule is Cn1c(=O)ccc2nc(-c3ccc([C@]4(N)C[C@@](O)(C5CC5)C4)cc3)c(-c3ccccc3F)cc21. The highest BCUT2D eigenvalue weighted by molar-refractivity contribution is 5.90. The number of rotatable bonds is 4.